The molecule has 1 aliphatic heterocycles. The minimum atomic E-state index is -1.13. The van der Waals surface area contributed by atoms with E-state index in [1.165, 1.54) is 6.08 Å². The molecule has 0 bridgehead atoms. The lowest BCUT2D eigenvalue weighted by Crippen LogP contribution is -2.27. The van der Waals surface area contributed by atoms with E-state index in [9.17, 15) is 14.4 Å². The Morgan fingerprint density at radius 1 is 1.29 bits per heavy atom. The molecule has 1 heterocycles. The molecule has 144 valence electrons. The summed E-state index contributed by atoms with van der Waals surface area (Å²) in [4.78, 5) is 37.3. The van der Waals surface area contributed by atoms with Crippen LogP contribution in [0.4, 0.5) is 10.5 Å². The molecule has 0 saturated carbocycles. The summed E-state index contributed by atoms with van der Waals surface area (Å²) in [5.74, 6) is -1.32. The number of rotatable bonds is 5. The van der Waals surface area contributed by atoms with Gasteiger partial charge < -0.3 is 9.84 Å². The van der Waals surface area contributed by atoms with Gasteiger partial charge in [0.1, 0.15) is 5.75 Å². The van der Waals surface area contributed by atoms with Crippen molar-refractivity contribution in [3.8, 4) is 5.75 Å². The molecule has 0 atom stereocenters. The van der Waals surface area contributed by atoms with Gasteiger partial charge in [-0.1, -0.05) is 11.6 Å². The van der Waals surface area contributed by atoms with E-state index >= 15 is 0 Å². The first-order chi connectivity index (χ1) is 13.3. The molecule has 3 rings (SSSR count). The standard InChI is InChI=1S/C18H10BrClINO5S/c19-13-7-11(21)5-9(16(13)27-8-15(23)24)6-14-17(25)22(18(26)28-14)12-3-1-10(20)2-4-12/h1-7H,8H2,(H,23,24)/b14-6+. The molecule has 0 radical (unpaired) electrons. The number of nitrogens with zero attached hydrogens (tertiary/aromatic N) is 1. The highest BCUT2D eigenvalue weighted by Crippen LogP contribution is 2.39. The van der Waals surface area contributed by atoms with Gasteiger partial charge in [-0.3, -0.25) is 9.59 Å². The maximum atomic E-state index is 12.8. The van der Waals surface area contributed by atoms with Crippen molar-refractivity contribution < 1.29 is 24.2 Å². The minimum Gasteiger partial charge on any atom is -0.480 e. The Kier molecular flexibility index (Phi) is 6.69. The van der Waals surface area contributed by atoms with E-state index in [0.29, 0.717) is 20.7 Å². The normalized spacial score (nSPS) is 15.4. The number of carbonyl (C=O) groups is 3. The Morgan fingerprint density at radius 3 is 2.61 bits per heavy atom. The molecule has 28 heavy (non-hydrogen) atoms. The molecule has 10 heteroatoms. The van der Waals surface area contributed by atoms with E-state index in [1.54, 1.807) is 36.4 Å². The lowest BCUT2D eigenvalue weighted by Gasteiger charge is -2.12. The number of ether oxygens (including phenoxy) is 1. The van der Waals surface area contributed by atoms with Gasteiger partial charge in [0.2, 0.25) is 0 Å². The number of amides is 2. The first kappa shape index (κ1) is 21.2. The fourth-order valence-electron chi connectivity index (χ4n) is 2.40. The molecular formula is C18H10BrClINO5S. The molecule has 1 saturated heterocycles. The topological polar surface area (TPSA) is 83.9 Å². The number of benzene rings is 2. The van der Waals surface area contributed by atoms with Crippen molar-refractivity contribution in [3.05, 3.63) is 59.9 Å². The van der Waals surface area contributed by atoms with E-state index in [-0.39, 0.29) is 10.7 Å². The smallest absolute Gasteiger partial charge is 0.341 e. The zero-order chi connectivity index (χ0) is 20.4. The number of hydrogen-bond acceptors (Lipinski definition) is 5. The predicted molar refractivity (Wildman–Crippen MR) is 120 cm³/mol. The van der Waals surface area contributed by atoms with Crippen LogP contribution in [0.2, 0.25) is 5.02 Å². The van der Waals surface area contributed by atoms with Crippen LogP contribution in [-0.2, 0) is 9.59 Å². The number of carbonyl (C=O) groups excluding carboxylic acids is 2. The van der Waals surface area contributed by atoms with Crippen molar-refractivity contribution in [2.45, 2.75) is 0 Å². The Morgan fingerprint density at radius 2 is 1.96 bits per heavy atom. The van der Waals surface area contributed by atoms with Crippen molar-refractivity contribution in [2.24, 2.45) is 0 Å². The molecular weight excluding hydrogens is 585 g/mol. The number of imide groups is 1. The molecule has 2 amide bonds. The maximum Gasteiger partial charge on any atom is 0.341 e. The highest BCUT2D eigenvalue weighted by molar-refractivity contribution is 14.1. The van der Waals surface area contributed by atoms with Crippen molar-refractivity contribution >= 4 is 90.8 Å². The largest absolute Gasteiger partial charge is 0.480 e. The Bertz CT molecular complexity index is 1010. The Balaban J connectivity index is 1.97. The second-order valence-electron chi connectivity index (χ2n) is 5.48. The summed E-state index contributed by atoms with van der Waals surface area (Å²) in [6.45, 7) is -0.535. The number of hydrogen-bond donors (Lipinski definition) is 1. The quantitative estimate of drug-likeness (QED) is 0.368. The van der Waals surface area contributed by atoms with Crippen LogP contribution < -0.4 is 9.64 Å². The van der Waals surface area contributed by atoms with E-state index in [1.807, 2.05) is 0 Å². The number of carboxylic acid groups (broad SMARTS) is 1. The van der Waals surface area contributed by atoms with Crippen molar-refractivity contribution in [3.63, 3.8) is 0 Å². The van der Waals surface area contributed by atoms with E-state index in [0.717, 1.165) is 20.2 Å². The molecule has 2 aromatic carbocycles. The number of halogens is 3. The molecule has 0 unspecified atom stereocenters. The average molecular weight is 595 g/mol. The third kappa shape index (κ3) is 4.70. The van der Waals surface area contributed by atoms with Crippen LogP contribution in [-0.4, -0.2) is 28.8 Å². The van der Waals surface area contributed by atoms with Crippen LogP contribution in [0.25, 0.3) is 6.08 Å². The van der Waals surface area contributed by atoms with Gasteiger partial charge in [-0.2, -0.15) is 0 Å². The summed E-state index contributed by atoms with van der Waals surface area (Å²) in [7, 11) is 0. The van der Waals surface area contributed by atoms with Gasteiger partial charge in [-0.25, -0.2) is 9.69 Å². The fraction of sp³-hybridized carbons (Fsp3) is 0.0556. The van der Waals surface area contributed by atoms with Gasteiger partial charge in [0.05, 0.1) is 15.1 Å². The molecule has 1 N–H and O–H groups in total. The van der Waals surface area contributed by atoms with E-state index < -0.39 is 23.7 Å². The SMILES string of the molecule is O=C(O)COc1c(Br)cc(I)cc1/C=C1/SC(=O)N(c2ccc(Cl)cc2)C1=O. The molecule has 1 fully saturated rings. The number of anilines is 1. The van der Waals surface area contributed by atoms with Gasteiger partial charge in [0.15, 0.2) is 6.61 Å². The zero-order valence-electron chi connectivity index (χ0n) is 13.8. The first-order valence-corrected chi connectivity index (χ1v) is 10.7. The predicted octanol–water partition coefficient (Wildman–Crippen LogP) is 5.41. The molecule has 1 aliphatic rings. The third-order valence-corrected chi connectivity index (χ3v) is 5.88. The van der Waals surface area contributed by atoms with Gasteiger partial charge in [0.25, 0.3) is 11.1 Å². The average Bonchev–Trinajstić information content (AvgIpc) is 2.88. The van der Waals surface area contributed by atoms with Gasteiger partial charge in [0, 0.05) is 14.2 Å². The molecule has 2 aromatic rings. The summed E-state index contributed by atoms with van der Waals surface area (Å²) in [6.07, 6.45) is 1.52. The summed E-state index contributed by atoms with van der Waals surface area (Å²) in [5, 5.41) is 8.94. The van der Waals surface area contributed by atoms with Crippen LogP contribution in [0.1, 0.15) is 5.56 Å². The van der Waals surface area contributed by atoms with Crippen molar-refractivity contribution in [2.75, 3.05) is 11.5 Å². The van der Waals surface area contributed by atoms with Gasteiger partial charge in [-0.15, -0.1) is 0 Å². The fourth-order valence-corrected chi connectivity index (χ4v) is 5.02. The second kappa shape index (κ2) is 8.85. The molecule has 0 aliphatic carbocycles. The molecule has 0 aromatic heterocycles. The van der Waals surface area contributed by atoms with Crippen LogP contribution >= 0.6 is 61.9 Å². The first-order valence-electron chi connectivity index (χ1n) is 7.63. The summed E-state index contributed by atoms with van der Waals surface area (Å²) in [5.41, 5.74) is 0.906. The van der Waals surface area contributed by atoms with E-state index in [4.69, 9.17) is 21.4 Å². The highest BCUT2D eigenvalue weighted by atomic mass is 127. The summed E-state index contributed by atoms with van der Waals surface area (Å²) < 4.78 is 6.74. The minimum absolute atomic E-state index is 0.203. The van der Waals surface area contributed by atoms with Crippen LogP contribution in [0.3, 0.4) is 0 Å². The van der Waals surface area contributed by atoms with E-state index in [2.05, 4.69) is 38.5 Å². The molecule has 6 nitrogen and oxygen atoms in total. The van der Waals surface area contributed by atoms with Crippen LogP contribution in [0.5, 0.6) is 5.75 Å². The third-order valence-electron chi connectivity index (χ3n) is 3.54. The summed E-state index contributed by atoms with van der Waals surface area (Å²) in [6, 6.07) is 9.86. The van der Waals surface area contributed by atoms with Crippen molar-refractivity contribution in [1.29, 1.82) is 0 Å². The maximum absolute atomic E-state index is 12.8. The van der Waals surface area contributed by atoms with Gasteiger partial charge in [-0.05, 0) is 92.8 Å². The second-order valence-corrected chi connectivity index (χ2v) is 9.01. The summed E-state index contributed by atoms with van der Waals surface area (Å²) >= 11 is 12.1. The van der Waals surface area contributed by atoms with Crippen LogP contribution in [0, 0.1) is 3.57 Å². The lowest BCUT2D eigenvalue weighted by atomic mass is 10.2. The highest BCUT2D eigenvalue weighted by Gasteiger charge is 2.36. The number of carboxylic acids is 1. The number of aliphatic carboxylic acids is 1. The van der Waals surface area contributed by atoms with Gasteiger partial charge >= 0.3 is 5.97 Å². The zero-order valence-corrected chi connectivity index (χ0v) is 19.1. The Hall–Kier alpha value is -1.56. The molecule has 0 spiro atoms. The number of thioether (sulfide) groups is 1. The lowest BCUT2D eigenvalue weighted by molar-refractivity contribution is -0.139. The monoisotopic (exact) mass is 593 g/mol. The van der Waals surface area contributed by atoms with Crippen molar-refractivity contribution in [1.82, 2.24) is 0 Å². The van der Waals surface area contributed by atoms with Crippen LogP contribution in [0.15, 0.2) is 45.8 Å². The Labute approximate surface area is 191 Å².